The molecule has 1 aliphatic rings. The zero-order valence-corrected chi connectivity index (χ0v) is 12.4. The Balaban J connectivity index is 1.70. The Morgan fingerprint density at radius 1 is 1.35 bits per heavy atom. The summed E-state index contributed by atoms with van der Waals surface area (Å²) in [5.41, 5.74) is 1.34. The molecule has 0 saturated heterocycles. The lowest BCUT2D eigenvalue weighted by molar-refractivity contribution is -0.122. The SMILES string of the molecule is Cn1cc(NC(=O)C[C@H]2NC(=O)c3ccccc3NC2=O)cn1. The van der Waals surface area contributed by atoms with Gasteiger partial charge in [0, 0.05) is 13.2 Å². The number of aromatic nitrogens is 2. The minimum atomic E-state index is -0.938. The Morgan fingerprint density at radius 2 is 2.13 bits per heavy atom. The first-order chi connectivity index (χ1) is 11.0. The van der Waals surface area contributed by atoms with Crippen LogP contribution in [-0.2, 0) is 16.6 Å². The van der Waals surface area contributed by atoms with E-state index in [2.05, 4.69) is 21.0 Å². The molecule has 1 atom stereocenters. The molecule has 1 aliphatic heterocycles. The smallest absolute Gasteiger partial charge is 0.254 e. The van der Waals surface area contributed by atoms with Gasteiger partial charge in [-0.2, -0.15) is 5.10 Å². The molecular formula is C15H15N5O3. The highest BCUT2D eigenvalue weighted by atomic mass is 16.2. The molecule has 0 radical (unpaired) electrons. The Hall–Kier alpha value is -3.16. The van der Waals surface area contributed by atoms with Gasteiger partial charge in [-0.3, -0.25) is 19.1 Å². The van der Waals surface area contributed by atoms with Crippen molar-refractivity contribution in [2.75, 3.05) is 10.6 Å². The zero-order valence-electron chi connectivity index (χ0n) is 12.4. The molecule has 3 N–H and O–H groups in total. The molecule has 118 valence electrons. The minimum Gasteiger partial charge on any atom is -0.340 e. The van der Waals surface area contributed by atoms with E-state index in [9.17, 15) is 14.4 Å². The number of nitrogens with one attached hydrogen (secondary N) is 3. The molecule has 0 saturated carbocycles. The van der Waals surface area contributed by atoms with Gasteiger partial charge in [0.1, 0.15) is 6.04 Å². The first kappa shape index (κ1) is 14.8. The van der Waals surface area contributed by atoms with Crippen LogP contribution in [0.3, 0.4) is 0 Å². The van der Waals surface area contributed by atoms with Gasteiger partial charge in [-0.1, -0.05) is 12.1 Å². The summed E-state index contributed by atoms with van der Waals surface area (Å²) in [5, 5.41) is 11.8. The van der Waals surface area contributed by atoms with Crippen LogP contribution in [0, 0.1) is 0 Å². The maximum absolute atomic E-state index is 12.2. The standard InChI is InChI=1S/C15H15N5O3/c1-20-8-9(7-16-20)17-13(21)6-12-15(23)18-11-5-3-2-4-10(11)14(22)19-12/h2-5,7-8,12H,6H2,1H3,(H,17,21)(H,18,23)(H,19,22)/t12-/m1/s1. The normalized spacial score (nSPS) is 16.8. The quantitative estimate of drug-likeness (QED) is 0.767. The molecule has 8 nitrogen and oxygen atoms in total. The van der Waals surface area contributed by atoms with Gasteiger partial charge in [-0.05, 0) is 12.1 Å². The second-order valence-electron chi connectivity index (χ2n) is 5.22. The van der Waals surface area contributed by atoms with Crippen molar-refractivity contribution in [2.24, 2.45) is 7.05 Å². The number of amides is 3. The highest BCUT2D eigenvalue weighted by Crippen LogP contribution is 2.19. The van der Waals surface area contributed by atoms with E-state index in [0.717, 1.165) is 0 Å². The van der Waals surface area contributed by atoms with Crippen molar-refractivity contribution < 1.29 is 14.4 Å². The van der Waals surface area contributed by atoms with Crippen LogP contribution in [0.25, 0.3) is 0 Å². The number of hydrogen-bond acceptors (Lipinski definition) is 4. The number of carbonyl (C=O) groups is 3. The van der Waals surface area contributed by atoms with Gasteiger partial charge in [0.25, 0.3) is 5.91 Å². The molecule has 8 heteroatoms. The van der Waals surface area contributed by atoms with E-state index in [0.29, 0.717) is 16.9 Å². The molecule has 23 heavy (non-hydrogen) atoms. The Morgan fingerprint density at radius 3 is 2.87 bits per heavy atom. The van der Waals surface area contributed by atoms with Gasteiger partial charge < -0.3 is 16.0 Å². The lowest BCUT2D eigenvalue weighted by Gasteiger charge is -2.13. The number of para-hydroxylation sites is 1. The van der Waals surface area contributed by atoms with Crippen molar-refractivity contribution in [1.82, 2.24) is 15.1 Å². The lowest BCUT2D eigenvalue weighted by Crippen LogP contribution is -2.43. The number of carbonyl (C=O) groups excluding carboxylic acids is 3. The van der Waals surface area contributed by atoms with E-state index in [1.807, 2.05) is 0 Å². The zero-order chi connectivity index (χ0) is 16.4. The predicted octanol–water partition coefficient (Wildman–Crippen LogP) is 0.499. The van der Waals surface area contributed by atoms with Crippen molar-refractivity contribution in [3.63, 3.8) is 0 Å². The summed E-state index contributed by atoms with van der Waals surface area (Å²) in [5.74, 6) is -1.20. The van der Waals surface area contributed by atoms with E-state index in [1.54, 1.807) is 42.2 Å². The first-order valence-electron chi connectivity index (χ1n) is 7.02. The molecule has 1 aromatic heterocycles. The number of rotatable bonds is 3. The fourth-order valence-electron chi connectivity index (χ4n) is 2.34. The minimum absolute atomic E-state index is 0.166. The summed E-state index contributed by atoms with van der Waals surface area (Å²) < 4.78 is 1.55. The third-order valence-electron chi connectivity index (χ3n) is 3.43. The molecule has 0 unspecified atom stereocenters. The summed E-state index contributed by atoms with van der Waals surface area (Å²) in [6.45, 7) is 0. The van der Waals surface area contributed by atoms with Crippen LogP contribution in [0.15, 0.2) is 36.7 Å². The van der Waals surface area contributed by atoms with Crippen molar-refractivity contribution in [3.8, 4) is 0 Å². The maximum atomic E-state index is 12.2. The fourth-order valence-corrected chi connectivity index (χ4v) is 2.34. The van der Waals surface area contributed by atoms with Crippen molar-refractivity contribution in [2.45, 2.75) is 12.5 Å². The Bertz CT molecular complexity index is 783. The van der Waals surface area contributed by atoms with Gasteiger partial charge in [0.05, 0.1) is 29.6 Å². The van der Waals surface area contributed by atoms with Gasteiger partial charge in [-0.25, -0.2) is 0 Å². The number of fused-ring (bicyclic) bond motifs is 1. The molecule has 3 amide bonds. The van der Waals surface area contributed by atoms with Crippen LogP contribution >= 0.6 is 0 Å². The summed E-state index contributed by atoms with van der Waals surface area (Å²) in [7, 11) is 1.73. The van der Waals surface area contributed by atoms with Crippen molar-refractivity contribution >= 4 is 29.1 Å². The molecule has 3 rings (SSSR count). The molecule has 0 fully saturated rings. The number of hydrogen-bond donors (Lipinski definition) is 3. The maximum Gasteiger partial charge on any atom is 0.254 e. The van der Waals surface area contributed by atoms with Crippen molar-refractivity contribution in [3.05, 3.63) is 42.2 Å². The fraction of sp³-hybridized carbons (Fsp3) is 0.200. The average Bonchev–Trinajstić information content (AvgIpc) is 2.86. The molecular weight excluding hydrogens is 298 g/mol. The Kier molecular flexibility index (Phi) is 3.80. The third kappa shape index (κ3) is 3.20. The van der Waals surface area contributed by atoms with Gasteiger partial charge in [0.2, 0.25) is 11.8 Å². The molecule has 2 heterocycles. The topological polar surface area (TPSA) is 105 Å². The average molecular weight is 313 g/mol. The van der Waals surface area contributed by atoms with Crippen LogP contribution < -0.4 is 16.0 Å². The lowest BCUT2D eigenvalue weighted by atomic mass is 10.1. The van der Waals surface area contributed by atoms with Gasteiger partial charge in [-0.15, -0.1) is 0 Å². The van der Waals surface area contributed by atoms with E-state index < -0.39 is 17.9 Å². The number of nitrogens with zero attached hydrogens (tertiary/aromatic N) is 2. The summed E-state index contributed by atoms with van der Waals surface area (Å²) in [6.07, 6.45) is 2.97. The second-order valence-corrected chi connectivity index (χ2v) is 5.22. The summed E-state index contributed by atoms with van der Waals surface area (Å²) in [4.78, 5) is 36.4. The van der Waals surface area contributed by atoms with E-state index in [1.165, 1.54) is 6.20 Å². The van der Waals surface area contributed by atoms with Crippen LogP contribution in [0.1, 0.15) is 16.8 Å². The number of anilines is 2. The molecule has 0 bridgehead atoms. The summed E-state index contributed by atoms with van der Waals surface area (Å²) in [6, 6.07) is 5.75. The van der Waals surface area contributed by atoms with Crippen LogP contribution in [0.4, 0.5) is 11.4 Å². The van der Waals surface area contributed by atoms with Crippen LogP contribution in [-0.4, -0.2) is 33.5 Å². The molecule has 0 aliphatic carbocycles. The van der Waals surface area contributed by atoms with E-state index in [4.69, 9.17) is 0 Å². The highest BCUT2D eigenvalue weighted by Gasteiger charge is 2.29. The van der Waals surface area contributed by atoms with Gasteiger partial charge in [0.15, 0.2) is 0 Å². The molecule has 0 spiro atoms. The Labute approximate surface area is 131 Å². The third-order valence-corrected chi connectivity index (χ3v) is 3.43. The second kappa shape index (κ2) is 5.91. The highest BCUT2D eigenvalue weighted by molar-refractivity contribution is 6.11. The van der Waals surface area contributed by atoms with Crippen LogP contribution in [0.2, 0.25) is 0 Å². The largest absolute Gasteiger partial charge is 0.340 e. The first-order valence-corrected chi connectivity index (χ1v) is 7.02. The summed E-state index contributed by atoms with van der Waals surface area (Å²) >= 11 is 0. The van der Waals surface area contributed by atoms with E-state index in [-0.39, 0.29) is 12.3 Å². The monoisotopic (exact) mass is 313 g/mol. The number of aryl methyl sites for hydroxylation is 1. The molecule has 2 aromatic rings. The predicted molar refractivity (Wildman–Crippen MR) is 82.8 cm³/mol. The number of benzene rings is 1. The van der Waals surface area contributed by atoms with E-state index >= 15 is 0 Å². The van der Waals surface area contributed by atoms with Crippen molar-refractivity contribution in [1.29, 1.82) is 0 Å². The van der Waals surface area contributed by atoms with Gasteiger partial charge >= 0.3 is 0 Å². The molecule has 1 aromatic carbocycles. The van der Waals surface area contributed by atoms with Crippen LogP contribution in [0.5, 0.6) is 0 Å².